The van der Waals surface area contributed by atoms with Gasteiger partial charge in [0.05, 0.1) is 24.1 Å². The summed E-state index contributed by atoms with van der Waals surface area (Å²) in [4.78, 5) is 29.7. The van der Waals surface area contributed by atoms with E-state index in [0.29, 0.717) is 34.2 Å². The van der Waals surface area contributed by atoms with Gasteiger partial charge in [-0.1, -0.05) is 44.2 Å². The Morgan fingerprint density at radius 3 is 2.68 bits per heavy atom. The molecule has 3 rings (SSSR count). The van der Waals surface area contributed by atoms with Gasteiger partial charge in [-0.05, 0) is 36.3 Å². The van der Waals surface area contributed by atoms with Crippen LogP contribution in [-0.2, 0) is 11.3 Å². The molecule has 0 N–H and O–H groups in total. The van der Waals surface area contributed by atoms with Crippen molar-refractivity contribution < 1.29 is 4.79 Å². The largest absolute Gasteiger partial charge is 0.351 e. The minimum absolute atomic E-state index is 0.0277. The molecule has 6 nitrogen and oxygen atoms in total. The molecule has 0 saturated heterocycles. The second-order valence-electron chi connectivity index (χ2n) is 6.90. The maximum absolute atomic E-state index is 13.1. The number of aromatic nitrogens is 4. The molecule has 0 amide bonds. The van der Waals surface area contributed by atoms with Crippen molar-refractivity contribution in [3.8, 4) is 17.1 Å². The second kappa shape index (κ2) is 8.35. The molecule has 0 atom stereocenters. The zero-order chi connectivity index (χ0) is 20.3. The summed E-state index contributed by atoms with van der Waals surface area (Å²) >= 11 is 6.11. The summed E-state index contributed by atoms with van der Waals surface area (Å²) in [6, 6.07) is 10.5. The quantitative estimate of drug-likeness (QED) is 0.605. The maximum Gasteiger partial charge on any atom is 0.351 e. The average Bonchev–Trinajstić information content (AvgIpc) is 2.98. The number of nitrogens with zero attached hydrogens (tertiary/aromatic N) is 4. The van der Waals surface area contributed by atoms with Crippen molar-refractivity contribution in [1.29, 1.82) is 0 Å². The minimum Gasteiger partial charge on any atom is -0.298 e. The van der Waals surface area contributed by atoms with E-state index in [0.717, 1.165) is 0 Å². The number of hydrogen-bond acceptors (Lipinski definition) is 4. The zero-order valence-corrected chi connectivity index (χ0v) is 16.6. The lowest BCUT2D eigenvalue weighted by molar-refractivity contribution is -0.120. The molecule has 28 heavy (non-hydrogen) atoms. The summed E-state index contributed by atoms with van der Waals surface area (Å²) in [6.45, 7) is 7.56. The van der Waals surface area contributed by atoms with Crippen molar-refractivity contribution in [2.45, 2.75) is 26.8 Å². The van der Waals surface area contributed by atoms with Crippen LogP contribution in [0.2, 0.25) is 5.02 Å². The van der Waals surface area contributed by atoms with E-state index in [4.69, 9.17) is 11.6 Å². The predicted molar refractivity (Wildman–Crippen MR) is 111 cm³/mol. The SMILES string of the molecule is C=Cc1ccc(-n2nc(-c3cccc(Cl)c3)n(CC(=O)CC(C)C)c2=O)cn1. The second-order valence-corrected chi connectivity index (χ2v) is 7.33. The molecule has 0 aliphatic heterocycles. The molecule has 3 aromatic rings. The molecule has 0 saturated carbocycles. The molecule has 0 bridgehead atoms. The molecule has 7 heteroatoms. The number of pyridine rings is 1. The molecule has 1 aromatic carbocycles. The predicted octanol–water partition coefficient (Wildman–Crippen LogP) is 4.01. The van der Waals surface area contributed by atoms with Gasteiger partial charge in [0.25, 0.3) is 0 Å². The van der Waals surface area contributed by atoms with Gasteiger partial charge in [-0.25, -0.2) is 4.79 Å². The van der Waals surface area contributed by atoms with Crippen molar-refractivity contribution in [2.75, 3.05) is 0 Å². The molecular weight excluding hydrogens is 376 g/mol. The van der Waals surface area contributed by atoms with E-state index in [-0.39, 0.29) is 18.2 Å². The Balaban J connectivity index is 2.12. The third-order valence-corrected chi connectivity index (χ3v) is 4.38. The highest BCUT2D eigenvalue weighted by atomic mass is 35.5. The van der Waals surface area contributed by atoms with Gasteiger partial charge >= 0.3 is 5.69 Å². The lowest BCUT2D eigenvalue weighted by atomic mass is 10.1. The minimum atomic E-state index is -0.403. The Labute approximate surface area is 168 Å². The number of rotatable bonds is 7. The van der Waals surface area contributed by atoms with Crippen LogP contribution < -0.4 is 5.69 Å². The molecule has 2 heterocycles. The molecule has 0 spiro atoms. The summed E-state index contributed by atoms with van der Waals surface area (Å²) in [5, 5.41) is 4.99. The number of benzene rings is 1. The summed E-state index contributed by atoms with van der Waals surface area (Å²) < 4.78 is 2.64. The van der Waals surface area contributed by atoms with Crippen molar-refractivity contribution in [3.63, 3.8) is 0 Å². The lowest BCUT2D eigenvalue weighted by Crippen LogP contribution is -2.27. The number of carbonyl (C=O) groups excluding carboxylic acids is 1. The highest BCUT2D eigenvalue weighted by Gasteiger charge is 2.19. The van der Waals surface area contributed by atoms with Crippen molar-refractivity contribution in [2.24, 2.45) is 5.92 Å². The zero-order valence-electron chi connectivity index (χ0n) is 15.8. The topological polar surface area (TPSA) is 69.8 Å². The van der Waals surface area contributed by atoms with Crippen molar-refractivity contribution in [1.82, 2.24) is 19.3 Å². The van der Waals surface area contributed by atoms with Crippen LogP contribution in [0.5, 0.6) is 0 Å². The van der Waals surface area contributed by atoms with Gasteiger partial charge in [0.1, 0.15) is 0 Å². The highest BCUT2D eigenvalue weighted by molar-refractivity contribution is 6.30. The van der Waals surface area contributed by atoms with E-state index in [1.807, 2.05) is 13.8 Å². The van der Waals surface area contributed by atoms with Gasteiger partial charge in [0.15, 0.2) is 11.6 Å². The van der Waals surface area contributed by atoms with Crippen LogP contribution in [0.3, 0.4) is 0 Å². The molecule has 0 unspecified atom stereocenters. The van der Waals surface area contributed by atoms with Gasteiger partial charge < -0.3 is 0 Å². The number of Topliss-reactive ketones (excluding diaryl/α,β-unsaturated/α-hetero) is 1. The number of carbonyl (C=O) groups is 1. The smallest absolute Gasteiger partial charge is 0.298 e. The fourth-order valence-corrected chi connectivity index (χ4v) is 3.08. The van der Waals surface area contributed by atoms with Crippen LogP contribution in [0, 0.1) is 5.92 Å². The monoisotopic (exact) mass is 396 g/mol. The first-order valence-electron chi connectivity index (χ1n) is 8.95. The summed E-state index contributed by atoms with van der Waals surface area (Å²) in [7, 11) is 0. The Kier molecular flexibility index (Phi) is 5.90. The lowest BCUT2D eigenvalue weighted by Gasteiger charge is -2.07. The molecule has 0 aliphatic rings. The molecule has 144 valence electrons. The van der Waals surface area contributed by atoms with E-state index < -0.39 is 5.69 Å². The fraction of sp³-hybridized carbons (Fsp3) is 0.238. The highest BCUT2D eigenvalue weighted by Crippen LogP contribution is 2.21. The maximum atomic E-state index is 13.1. The van der Waals surface area contributed by atoms with E-state index in [9.17, 15) is 9.59 Å². The number of hydrogen-bond donors (Lipinski definition) is 0. The standard InChI is InChI=1S/C21H21ClN4O2/c1-4-17-8-9-18(12-23-17)26-21(28)25(13-19(27)10-14(2)3)20(24-26)15-6-5-7-16(22)11-15/h4-9,11-12,14H,1,10,13H2,2-3H3. The van der Waals surface area contributed by atoms with E-state index in [2.05, 4.69) is 16.7 Å². The van der Waals surface area contributed by atoms with Crippen LogP contribution in [-0.4, -0.2) is 25.1 Å². The van der Waals surface area contributed by atoms with Gasteiger partial charge in [-0.3, -0.25) is 14.3 Å². The van der Waals surface area contributed by atoms with Gasteiger partial charge in [0.2, 0.25) is 0 Å². The van der Waals surface area contributed by atoms with E-state index in [1.54, 1.807) is 48.7 Å². The third-order valence-electron chi connectivity index (χ3n) is 4.14. The van der Waals surface area contributed by atoms with Gasteiger partial charge in [-0.2, -0.15) is 4.68 Å². The Morgan fingerprint density at radius 2 is 2.07 bits per heavy atom. The number of ketones is 1. The molecular formula is C21H21ClN4O2. The Bertz CT molecular complexity index is 1060. The first-order valence-corrected chi connectivity index (χ1v) is 9.33. The molecule has 2 aromatic heterocycles. The van der Waals surface area contributed by atoms with Crippen molar-refractivity contribution >= 4 is 23.5 Å². The van der Waals surface area contributed by atoms with Crippen LogP contribution in [0.25, 0.3) is 23.2 Å². The van der Waals surface area contributed by atoms with Crippen LogP contribution in [0.4, 0.5) is 0 Å². The summed E-state index contributed by atoms with van der Waals surface area (Å²) in [5.41, 5.74) is 1.46. The summed E-state index contributed by atoms with van der Waals surface area (Å²) in [5.74, 6) is 0.570. The van der Waals surface area contributed by atoms with Crippen LogP contribution >= 0.6 is 11.6 Å². The van der Waals surface area contributed by atoms with Crippen molar-refractivity contribution in [3.05, 3.63) is 70.4 Å². The van der Waals surface area contributed by atoms with E-state index >= 15 is 0 Å². The van der Waals surface area contributed by atoms with Gasteiger partial charge in [-0.15, -0.1) is 5.10 Å². The van der Waals surface area contributed by atoms with E-state index in [1.165, 1.54) is 9.25 Å². The molecule has 0 fully saturated rings. The Hall–Kier alpha value is -2.99. The molecule has 0 radical (unpaired) electrons. The fourth-order valence-electron chi connectivity index (χ4n) is 2.89. The first-order chi connectivity index (χ1) is 13.4. The van der Waals surface area contributed by atoms with Crippen LogP contribution in [0.1, 0.15) is 26.0 Å². The molecule has 0 aliphatic carbocycles. The first kappa shape index (κ1) is 19.8. The van der Waals surface area contributed by atoms with Gasteiger partial charge in [0, 0.05) is 17.0 Å². The number of halogens is 1. The average molecular weight is 397 g/mol. The van der Waals surface area contributed by atoms with Crippen LogP contribution in [0.15, 0.2) is 54.0 Å². The Morgan fingerprint density at radius 1 is 1.29 bits per heavy atom. The third kappa shape index (κ3) is 4.28. The summed E-state index contributed by atoms with van der Waals surface area (Å²) in [6.07, 6.45) is 3.56. The normalized spacial score (nSPS) is 11.0.